The van der Waals surface area contributed by atoms with Gasteiger partial charge in [-0.25, -0.2) is 0 Å². The third-order valence-electron chi connectivity index (χ3n) is 3.27. The number of nitrogens with one attached hydrogen (secondary N) is 1. The molecule has 2 N–H and O–H groups in total. The average Bonchev–Trinajstić information content (AvgIpc) is 2.59. The highest BCUT2D eigenvalue weighted by atomic mass is 16.4. The second-order valence-corrected chi connectivity index (χ2v) is 5.13. The SMILES string of the molecule is O=C(O)CCC(=O)c1ccc(NC(=O)C=Cc2ccccc2)cc1. The minimum Gasteiger partial charge on any atom is -0.481 e. The van der Waals surface area contributed by atoms with Crippen molar-refractivity contribution in [3.63, 3.8) is 0 Å². The predicted molar refractivity (Wildman–Crippen MR) is 91.7 cm³/mol. The van der Waals surface area contributed by atoms with Gasteiger partial charge in [0.2, 0.25) is 5.91 Å². The van der Waals surface area contributed by atoms with E-state index in [1.165, 1.54) is 6.08 Å². The van der Waals surface area contributed by atoms with E-state index >= 15 is 0 Å². The van der Waals surface area contributed by atoms with Crippen LogP contribution in [0.5, 0.6) is 0 Å². The molecule has 24 heavy (non-hydrogen) atoms. The first-order chi connectivity index (χ1) is 11.5. The van der Waals surface area contributed by atoms with Crippen molar-refractivity contribution < 1.29 is 19.5 Å². The summed E-state index contributed by atoms with van der Waals surface area (Å²) < 4.78 is 0. The molecule has 2 rings (SSSR count). The van der Waals surface area contributed by atoms with E-state index in [-0.39, 0.29) is 24.5 Å². The summed E-state index contributed by atoms with van der Waals surface area (Å²) in [6, 6.07) is 15.8. The molecule has 1 amide bonds. The molecule has 0 heterocycles. The summed E-state index contributed by atoms with van der Waals surface area (Å²) in [5, 5.41) is 11.3. The van der Waals surface area contributed by atoms with Crippen molar-refractivity contribution in [3.05, 3.63) is 71.8 Å². The zero-order valence-electron chi connectivity index (χ0n) is 12.9. The third kappa shape index (κ3) is 5.53. The molecule has 2 aromatic carbocycles. The van der Waals surface area contributed by atoms with Gasteiger partial charge in [-0.05, 0) is 35.9 Å². The van der Waals surface area contributed by atoms with Crippen molar-refractivity contribution in [2.45, 2.75) is 12.8 Å². The van der Waals surface area contributed by atoms with Gasteiger partial charge in [-0.2, -0.15) is 0 Å². The number of carbonyl (C=O) groups is 3. The smallest absolute Gasteiger partial charge is 0.303 e. The predicted octanol–water partition coefficient (Wildman–Crippen LogP) is 3.39. The lowest BCUT2D eigenvalue weighted by molar-refractivity contribution is -0.137. The molecule has 5 nitrogen and oxygen atoms in total. The van der Waals surface area contributed by atoms with Crippen molar-refractivity contribution in [3.8, 4) is 0 Å². The molecule has 0 saturated heterocycles. The fraction of sp³-hybridized carbons (Fsp3) is 0.105. The van der Waals surface area contributed by atoms with Crippen LogP contribution in [0.4, 0.5) is 5.69 Å². The third-order valence-corrected chi connectivity index (χ3v) is 3.27. The topological polar surface area (TPSA) is 83.5 Å². The quantitative estimate of drug-likeness (QED) is 0.604. The van der Waals surface area contributed by atoms with E-state index in [4.69, 9.17) is 5.11 Å². The number of anilines is 1. The summed E-state index contributed by atoms with van der Waals surface area (Å²) >= 11 is 0. The number of aliphatic carboxylic acids is 1. The number of hydrogen-bond donors (Lipinski definition) is 2. The highest BCUT2D eigenvalue weighted by Gasteiger charge is 2.08. The number of carboxylic acids is 1. The van der Waals surface area contributed by atoms with Gasteiger partial charge in [-0.3, -0.25) is 14.4 Å². The van der Waals surface area contributed by atoms with E-state index in [1.54, 1.807) is 30.3 Å². The summed E-state index contributed by atoms with van der Waals surface area (Å²) in [6.45, 7) is 0. The minimum absolute atomic E-state index is 0.0408. The van der Waals surface area contributed by atoms with Crippen molar-refractivity contribution in [1.82, 2.24) is 0 Å². The Morgan fingerprint density at radius 3 is 2.21 bits per heavy atom. The molecule has 0 saturated carbocycles. The lowest BCUT2D eigenvalue weighted by Gasteiger charge is -2.04. The summed E-state index contributed by atoms with van der Waals surface area (Å²) in [7, 11) is 0. The van der Waals surface area contributed by atoms with Crippen molar-refractivity contribution in [2.75, 3.05) is 5.32 Å². The Morgan fingerprint density at radius 2 is 1.58 bits per heavy atom. The van der Waals surface area contributed by atoms with Crippen LogP contribution in [0.2, 0.25) is 0 Å². The highest BCUT2D eigenvalue weighted by molar-refractivity contribution is 6.02. The number of hydrogen-bond acceptors (Lipinski definition) is 3. The van der Waals surface area contributed by atoms with Gasteiger partial charge in [-0.15, -0.1) is 0 Å². The van der Waals surface area contributed by atoms with Crippen LogP contribution in [0.3, 0.4) is 0 Å². The molecule has 0 aliphatic rings. The largest absolute Gasteiger partial charge is 0.481 e. The molecule has 5 heteroatoms. The minimum atomic E-state index is -1.00. The number of Topliss-reactive ketones (excluding diaryl/α,β-unsaturated/α-hetero) is 1. The number of rotatable bonds is 7. The van der Waals surface area contributed by atoms with E-state index in [9.17, 15) is 14.4 Å². The first-order valence-corrected chi connectivity index (χ1v) is 7.44. The van der Waals surface area contributed by atoms with Crippen LogP contribution >= 0.6 is 0 Å². The second-order valence-electron chi connectivity index (χ2n) is 5.13. The van der Waals surface area contributed by atoms with Crippen LogP contribution in [0.1, 0.15) is 28.8 Å². The molecular formula is C19H17NO4. The van der Waals surface area contributed by atoms with E-state index in [2.05, 4.69) is 5.32 Å². The molecular weight excluding hydrogens is 306 g/mol. The van der Waals surface area contributed by atoms with Crippen LogP contribution in [0.25, 0.3) is 6.08 Å². The monoisotopic (exact) mass is 323 g/mol. The van der Waals surface area contributed by atoms with E-state index < -0.39 is 5.97 Å². The molecule has 0 spiro atoms. The molecule has 0 fully saturated rings. The molecule has 0 atom stereocenters. The first-order valence-electron chi connectivity index (χ1n) is 7.44. The lowest BCUT2D eigenvalue weighted by atomic mass is 10.1. The number of carboxylic acid groups (broad SMARTS) is 1. The van der Waals surface area contributed by atoms with Gasteiger partial charge in [0, 0.05) is 23.7 Å². The van der Waals surface area contributed by atoms with Crippen LogP contribution in [0.15, 0.2) is 60.7 Å². The fourth-order valence-electron chi connectivity index (χ4n) is 2.02. The van der Waals surface area contributed by atoms with Gasteiger partial charge in [0.1, 0.15) is 0 Å². The maximum atomic E-state index is 11.9. The van der Waals surface area contributed by atoms with E-state index in [1.807, 2.05) is 30.3 Å². The van der Waals surface area contributed by atoms with Crippen molar-refractivity contribution >= 4 is 29.4 Å². The Kier molecular flexibility index (Phi) is 6.02. The van der Waals surface area contributed by atoms with Gasteiger partial charge in [-0.1, -0.05) is 30.3 Å². The standard InChI is InChI=1S/C19H17NO4/c21-17(11-13-19(23)24)15-7-9-16(10-8-15)20-18(22)12-6-14-4-2-1-3-5-14/h1-10,12H,11,13H2,(H,20,22)(H,23,24). The highest BCUT2D eigenvalue weighted by Crippen LogP contribution is 2.12. The van der Waals surface area contributed by atoms with Crippen molar-refractivity contribution in [1.29, 1.82) is 0 Å². The van der Waals surface area contributed by atoms with Gasteiger partial charge >= 0.3 is 5.97 Å². The summed E-state index contributed by atoms with van der Waals surface area (Å²) in [6.07, 6.45) is 2.91. The molecule has 0 unspecified atom stereocenters. The molecule has 0 aliphatic heterocycles. The lowest BCUT2D eigenvalue weighted by Crippen LogP contribution is -2.08. The van der Waals surface area contributed by atoms with Gasteiger partial charge in [0.15, 0.2) is 5.78 Å². The van der Waals surface area contributed by atoms with Gasteiger partial charge in [0.05, 0.1) is 6.42 Å². The number of ketones is 1. The fourth-order valence-corrected chi connectivity index (χ4v) is 2.02. The van der Waals surface area contributed by atoms with Gasteiger partial charge in [0.25, 0.3) is 0 Å². The molecule has 0 bridgehead atoms. The van der Waals surface area contributed by atoms with E-state index in [0.29, 0.717) is 11.3 Å². The van der Waals surface area contributed by atoms with Crippen LogP contribution < -0.4 is 5.32 Å². The molecule has 0 aromatic heterocycles. The van der Waals surface area contributed by atoms with Crippen molar-refractivity contribution in [2.24, 2.45) is 0 Å². The molecule has 2 aromatic rings. The molecule has 0 aliphatic carbocycles. The second kappa shape index (κ2) is 8.43. The zero-order valence-corrected chi connectivity index (χ0v) is 12.9. The van der Waals surface area contributed by atoms with Crippen LogP contribution in [-0.4, -0.2) is 22.8 Å². The average molecular weight is 323 g/mol. The Morgan fingerprint density at radius 1 is 0.917 bits per heavy atom. The molecule has 0 radical (unpaired) electrons. The van der Waals surface area contributed by atoms with E-state index in [0.717, 1.165) is 5.56 Å². The summed E-state index contributed by atoms with van der Waals surface area (Å²) in [5.74, 6) is -1.51. The van der Waals surface area contributed by atoms with Crippen LogP contribution in [0, 0.1) is 0 Å². The Balaban J connectivity index is 1.91. The number of benzene rings is 2. The maximum absolute atomic E-state index is 11.9. The summed E-state index contributed by atoms with van der Waals surface area (Å²) in [5.41, 5.74) is 1.91. The first kappa shape index (κ1) is 17.1. The Labute approximate surface area is 139 Å². The number of amides is 1. The number of carbonyl (C=O) groups excluding carboxylic acids is 2. The zero-order chi connectivity index (χ0) is 17.4. The summed E-state index contributed by atoms with van der Waals surface area (Å²) in [4.78, 5) is 34.1. The molecule has 122 valence electrons. The Bertz CT molecular complexity index is 749. The Hall–Kier alpha value is -3.21. The maximum Gasteiger partial charge on any atom is 0.303 e. The normalized spacial score (nSPS) is 10.5. The van der Waals surface area contributed by atoms with Crippen LogP contribution in [-0.2, 0) is 9.59 Å². The van der Waals surface area contributed by atoms with Gasteiger partial charge < -0.3 is 10.4 Å².